The smallest absolute Gasteiger partial charge is 0.391 e. The van der Waals surface area contributed by atoms with E-state index < -0.39 is 18.0 Å². The van der Waals surface area contributed by atoms with Gasteiger partial charge in [-0.25, -0.2) is 0 Å². The summed E-state index contributed by atoms with van der Waals surface area (Å²) in [6.07, 6.45) is -4.24. The number of alkyl halides is 3. The predicted octanol–water partition coefficient (Wildman–Crippen LogP) is 0.875. The Hall–Kier alpha value is -0.430. The molecule has 1 heterocycles. The molecule has 1 fully saturated rings. The van der Waals surface area contributed by atoms with Crippen molar-refractivity contribution in [2.24, 2.45) is 0 Å². The van der Waals surface area contributed by atoms with Crippen LogP contribution >= 0.6 is 11.8 Å². The summed E-state index contributed by atoms with van der Waals surface area (Å²) in [6.45, 7) is 0.679. The van der Waals surface area contributed by atoms with Gasteiger partial charge in [-0.05, 0) is 6.42 Å². The molecular formula is C8H12F3NO2S. The van der Waals surface area contributed by atoms with Gasteiger partial charge in [-0.3, -0.25) is 4.79 Å². The van der Waals surface area contributed by atoms with Crippen molar-refractivity contribution < 1.29 is 23.1 Å². The van der Waals surface area contributed by atoms with Gasteiger partial charge < -0.3 is 10.0 Å². The van der Waals surface area contributed by atoms with Crippen molar-refractivity contribution in [1.29, 1.82) is 0 Å². The molecule has 0 unspecified atom stereocenters. The SMILES string of the molecule is O=C(CSCC(F)(F)F)N1CC[C@@H](O)C1. The molecule has 0 saturated carbocycles. The summed E-state index contributed by atoms with van der Waals surface area (Å²) in [6, 6.07) is 0. The fourth-order valence-electron chi connectivity index (χ4n) is 1.31. The molecule has 1 aliphatic heterocycles. The Balaban J connectivity index is 2.19. The highest BCUT2D eigenvalue weighted by Crippen LogP contribution is 2.21. The van der Waals surface area contributed by atoms with Crippen molar-refractivity contribution in [3.05, 3.63) is 0 Å². The molecule has 0 bridgehead atoms. The van der Waals surface area contributed by atoms with Crippen molar-refractivity contribution >= 4 is 17.7 Å². The van der Waals surface area contributed by atoms with E-state index in [-0.39, 0.29) is 18.2 Å². The van der Waals surface area contributed by atoms with Crippen LogP contribution in [0.3, 0.4) is 0 Å². The summed E-state index contributed by atoms with van der Waals surface area (Å²) in [4.78, 5) is 12.7. The van der Waals surface area contributed by atoms with E-state index in [0.717, 1.165) is 0 Å². The number of aliphatic hydroxyl groups excluding tert-OH is 1. The van der Waals surface area contributed by atoms with Gasteiger partial charge in [0.15, 0.2) is 0 Å². The van der Waals surface area contributed by atoms with E-state index in [9.17, 15) is 18.0 Å². The Morgan fingerprint density at radius 3 is 2.67 bits per heavy atom. The minimum absolute atomic E-state index is 0.174. The zero-order valence-corrected chi connectivity index (χ0v) is 8.77. The molecule has 0 spiro atoms. The van der Waals surface area contributed by atoms with Crippen molar-refractivity contribution in [1.82, 2.24) is 4.90 Å². The first kappa shape index (κ1) is 12.6. The topological polar surface area (TPSA) is 40.5 Å². The molecule has 1 N–H and O–H groups in total. The molecular weight excluding hydrogens is 231 g/mol. The lowest BCUT2D eigenvalue weighted by Crippen LogP contribution is -2.31. The molecule has 1 aliphatic rings. The third kappa shape index (κ3) is 4.74. The summed E-state index contributed by atoms with van der Waals surface area (Å²) in [5.41, 5.74) is 0. The van der Waals surface area contributed by atoms with Crippen LogP contribution in [0.4, 0.5) is 13.2 Å². The first-order chi connectivity index (χ1) is 6.88. The molecule has 0 aromatic rings. The summed E-state index contributed by atoms with van der Waals surface area (Å²) in [5.74, 6) is -1.51. The third-order valence-electron chi connectivity index (χ3n) is 2.01. The van der Waals surface area contributed by atoms with Gasteiger partial charge in [0.25, 0.3) is 0 Å². The van der Waals surface area contributed by atoms with Crippen LogP contribution in [0.5, 0.6) is 0 Å². The van der Waals surface area contributed by atoms with Crippen molar-refractivity contribution in [3.8, 4) is 0 Å². The molecule has 1 saturated heterocycles. The van der Waals surface area contributed by atoms with Gasteiger partial charge in [0, 0.05) is 13.1 Å². The fraction of sp³-hybridized carbons (Fsp3) is 0.875. The fourth-order valence-corrected chi connectivity index (χ4v) is 2.00. The highest BCUT2D eigenvalue weighted by molar-refractivity contribution is 8.00. The van der Waals surface area contributed by atoms with E-state index in [1.54, 1.807) is 0 Å². The number of halogens is 3. The third-order valence-corrected chi connectivity index (χ3v) is 2.99. The summed E-state index contributed by atoms with van der Waals surface area (Å²) in [7, 11) is 0. The lowest BCUT2D eigenvalue weighted by atomic mass is 10.3. The van der Waals surface area contributed by atoms with E-state index in [4.69, 9.17) is 5.11 Å². The monoisotopic (exact) mass is 243 g/mol. The molecule has 0 aliphatic carbocycles. The molecule has 1 rings (SSSR count). The van der Waals surface area contributed by atoms with Crippen molar-refractivity contribution in [2.45, 2.75) is 18.7 Å². The van der Waals surface area contributed by atoms with E-state index in [0.29, 0.717) is 24.7 Å². The number of nitrogens with zero attached hydrogens (tertiary/aromatic N) is 1. The maximum Gasteiger partial charge on any atom is 0.397 e. The molecule has 15 heavy (non-hydrogen) atoms. The Bertz CT molecular complexity index is 234. The van der Waals surface area contributed by atoms with Gasteiger partial charge in [-0.2, -0.15) is 13.2 Å². The first-order valence-corrected chi connectivity index (χ1v) is 5.64. The van der Waals surface area contributed by atoms with E-state index in [1.807, 2.05) is 0 Å². The number of rotatable bonds is 3. The normalized spacial score (nSPS) is 22.1. The van der Waals surface area contributed by atoms with Gasteiger partial charge in [0.05, 0.1) is 17.6 Å². The van der Waals surface area contributed by atoms with E-state index in [1.165, 1.54) is 4.90 Å². The largest absolute Gasteiger partial charge is 0.397 e. The highest BCUT2D eigenvalue weighted by atomic mass is 32.2. The summed E-state index contributed by atoms with van der Waals surface area (Å²) >= 11 is 0.559. The standard InChI is InChI=1S/C8H12F3NO2S/c9-8(10,11)5-15-4-7(14)12-2-1-6(13)3-12/h6,13H,1-5H2/t6-/m1/s1. The highest BCUT2D eigenvalue weighted by Gasteiger charge is 2.29. The molecule has 1 atom stereocenters. The van der Waals surface area contributed by atoms with Gasteiger partial charge in [0.2, 0.25) is 5.91 Å². The van der Waals surface area contributed by atoms with E-state index in [2.05, 4.69) is 0 Å². The number of carbonyl (C=O) groups is 1. The van der Waals surface area contributed by atoms with Crippen LogP contribution < -0.4 is 0 Å². The number of β-amino-alcohol motifs (C(OH)–C–C–N with tert-alkyl or cyclic N) is 1. The average Bonchev–Trinajstić information content (AvgIpc) is 2.49. The number of hydrogen-bond acceptors (Lipinski definition) is 3. The minimum Gasteiger partial charge on any atom is -0.391 e. The molecule has 0 radical (unpaired) electrons. The van der Waals surface area contributed by atoms with Crippen molar-refractivity contribution in [3.63, 3.8) is 0 Å². The van der Waals surface area contributed by atoms with Gasteiger partial charge >= 0.3 is 6.18 Å². The Kier molecular flexibility index (Phi) is 4.27. The second kappa shape index (κ2) is 5.07. The first-order valence-electron chi connectivity index (χ1n) is 4.49. The van der Waals surface area contributed by atoms with Crippen LogP contribution in [0.2, 0.25) is 0 Å². The van der Waals surface area contributed by atoms with Crippen LogP contribution in [0, 0.1) is 0 Å². The number of likely N-dealkylation sites (tertiary alicyclic amines) is 1. The van der Waals surface area contributed by atoms with Crippen LogP contribution in [-0.2, 0) is 4.79 Å². The number of carbonyl (C=O) groups excluding carboxylic acids is 1. The number of hydrogen-bond donors (Lipinski definition) is 1. The summed E-state index contributed by atoms with van der Waals surface area (Å²) in [5, 5.41) is 9.12. The zero-order valence-electron chi connectivity index (χ0n) is 7.96. The lowest BCUT2D eigenvalue weighted by Gasteiger charge is -2.15. The maximum absolute atomic E-state index is 11.8. The van der Waals surface area contributed by atoms with E-state index >= 15 is 0 Å². The number of amides is 1. The molecule has 1 amide bonds. The van der Waals surface area contributed by atoms with Gasteiger partial charge in [-0.15, -0.1) is 11.8 Å². The molecule has 88 valence electrons. The maximum atomic E-state index is 11.8. The van der Waals surface area contributed by atoms with Gasteiger partial charge in [0.1, 0.15) is 0 Å². The van der Waals surface area contributed by atoms with Crippen molar-refractivity contribution in [2.75, 3.05) is 24.6 Å². The minimum atomic E-state index is -4.23. The Morgan fingerprint density at radius 2 is 2.20 bits per heavy atom. The molecule has 0 aromatic heterocycles. The second-order valence-corrected chi connectivity index (χ2v) is 4.38. The van der Waals surface area contributed by atoms with Crippen LogP contribution in [0.1, 0.15) is 6.42 Å². The summed E-state index contributed by atoms with van der Waals surface area (Å²) < 4.78 is 35.3. The second-order valence-electron chi connectivity index (χ2n) is 3.39. The average molecular weight is 243 g/mol. The number of aliphatic hydroxyl groups is 1. The quantitative estimate of drug-likeness (QED) is 0.799. The molecule has 7 heteroatoms. The van der Waals surface area contributed by atoms with Gasteiger partial charge in [-0.1, -0.05) is 0 Å². The van der Waals surface area contributed by atoms with Crippen LogP contribution in [0.15, 0.2) is 0 Å². The zero-order chi connectivity index (χ0) is 11.5. The van der Waals surface area contributed by atoms with Crippen LogP contribution in [-0.4, -0.2) is 52.8 Å². The lowest BCUT2D eigenvalue weighted by molar-refractivity contribution is -0.127. The Morgan fingerprint density at radius 1 is 1.53 bits per heavy atom. The predicted molar refractivity (Wildman–Crippen MR) is 50.6 cm³/mol. The molecule has 3 nitrogen and oxygen atoms in total. The molecule has 0 aromatic carbocycles. The Labute approximate surface area is 89.6 Å². The van der Waals surface area contributed by atoms with Crippen LogP contribution in [0.25, 0.3) is 0 Å². The number of thioether (sulfide) groups is 1.